The average Bonchev–Trinajstić information content (AvgIpc) is 2.77. The van der Waals surface area contributed by atoms with Gasteiger partial charge in [-0.15, -0.1) is 6.58 Å². The zero-order valence-corrected chi connectivity index (χ0v) is 10.9. The second kappa shape index (κ2) is 7.03. The first-order valence-electron chi connectivity index (χ1n) is 6.49. The van der Waals surface area contributed by atoms with E-state index in [2.05, 4.69) is 11.9 Å². The predicted molar refractivity (Wildman–Crippen MR) is 69.4 cm³/mol. The number of carbonyl (C=O) groups excluding carboxylic acids is 1. The highest BCUT2D eigenvalue weighted by atomic mass is 16.4. The molecule has 18 heavy (non-hydrogen) atoms. The second-order valence-corrected chi connectivity index (χ2v) is 4.67. The Morgan fingerprint density at radius 2 is 2.22 bits per heavy atom. The summed E-state index contributed by atoms with van der Waals surface area (Å²) < 4.78 is 0. The van der Waals surface area contributed by atoms with Gasteiger partial charge in [-0.25, -0.2) is 4.79 Å². The number of amides is 2. The zero-order chi connectivity index (χ0) is 13.5. The number of nitrogens with zero attached hydrogens (tertiary/aromatic N) is 1. The molecule has 0 heterocycles. The number of nitrogens with one attached hydrogen (secondary N) is 1. The molecule has 0 radical (unpaired) electrons. The molecule has 0 saturated heterocycles. The minimum absolute atomic E-state index is 0.185. The third kappa shape index (κ3) is 3.75. The topological polar surface area (TPSA) is 69.6 Å². The molecule has 0 spiro atoms. The van der Waals surface area contributed by atoms with Crippen LogP contribution in [0.25, 0.3) is 0 Å². The molecule has 2 amide bonds. The minimum Gasteiger partial charge on any atom is -0.481 e. The first-order valence-corrected chi connectivity index (χ1v) is 6.49. The fraction of sp³-hybridized carbons (Fsp3) is 0.692. The van der Waals surface area contributed by atoms with Crippen LogP contribution in [0.2, 0.25) is 0 Å². The summed E-state index contributed by atoms with van der Waals surface area (Å²) in [5.74, 6) is -1.26. The van der Waals surface area contributed by atoms with E-state index in [1.54, 1.807) is 11.0 Å². The van der Waals surface area contributed by atoms with Crippen molar-refractivity contribution in [2.24, 2.45) is 5.92 Å². The molecule has 0 aliphatic heterocycles. The smallest absolute Gasteiger partial charge is 0.317 e. The van der Waals surface area contributed by atoms with Crippen molar-refractivity contribution in [1.82, 2.24) is 10.2 Å². The van der Waals surface area contributed by atoms with Crippen molar-refractivity contribution < 1.29 is 14.7 Å². The molecular formula is C13H22N2O3. The van der Waals surface area contributed by atoms with E-state index in [1.807, 2.05) is 6.92 Å². The molecule has 1 saturated carbocycles. The molecule has 0 bridgehead atoms. The summed E-state index contributed by atoms with van der Waals surface area (Å²) in [7, 11) is 0. The third-order valence-corrected chi connectivity index (χ3v) is 3.27. The second-order valence-electron chi connectivity index (χ2n) is 4.67. The maximum absolute atomic E-state index is 12.0. The van der Waals surface area contributed by atoms with Crippen LogP contribution in [0.15, 0.2) is 12.7 Å². The number of aliphatic carboxylic acids is 1. The van der Waals surface area contributed by atoms with Crippen LogP contribution in [0.5, 0.6) is 0 Å². The molecule has 2 N–H and O–H groups in total. The summed E-state index contributed by atoms with van der Waals surface area (Å²) in [6.45, 7) is 6.77. The van der Waals surface area contributed by atoms with E-state index in [4.69, 9.17) is 5.11 Å². The molecule has 1 fully saturated rings. The molecule has 1 rings (SSSR count). The van der Waals surface area contributed by atoms with Gasteiger partial charge in [-0.2, -0.15) is 0 Å². The largest absolute Gasteiger partial charge is 0.481 e. The summed E-state index contributed by atoms with van der Waals surface area (Å²) in [6, 6.07) is -0.422. The molecule has 1 aliphatic carbocycles. The summed E-state index contributed by atoms with van der Waals surface area (Å²) in [4.78, 5) is 24.7. The van der Waals surface area contributed by atoms with Gasteiger partial charge in [0.15, 0.2) is 0 Å². The van der Waals surface area contributed by atoms with Gasteiger partial charge in [-0.3, -0.25) is 4.79 Å². The van der Waals surface area contributed by atoms with E-state index in [0.717, 1.165) is 19.3 Å². The number of carboxylic acid groups (broad SMARTS) is 1. The molecule has 0 aromatic rings. The maximum Gasteiger partial charge on any atom is 0.317 e. The number of rotatable bonds is 6. The highest BCUT2D eigenvalue weighted by Crippen LogP contribution is 2.25. The van der Waals surface area contributed by atoms with Gasteiger partial charge in [0, 0.05) is 19.1 Å². The Kier molecular flexibility index (Phi) is 5.68. The van der Waals surface area contributed by atoms with Crippen LogP contribution in [0, 0.1) is 5.92 Å². The van der Waals surface area contributed by atoms with Crippen LogP contribution in [-0.2, 0) is 4.79 Å². The van der Waals surface area contributed by atoms with Crippen molar-refractivity contribution in [1.29, 1.82) is 0 Å². The Labute approximate surface area is 108 Å². The fourth-order valence-corrected chi connectivity index (χ4v) is 2.38. The van der Waals surface area contributed by atoms with Gasteiger partial charge in [0.1, 0.15) is 0 Å². The lowest BCUT2D eigenvalue weighted by Gasteiger charge is -2.25. The predicted octanol–water partition coefficient (Wildman–Crippen LogP) is 1.85. The van der Waals surface area contributed by atoms with Crippen LogP contribution in [0.1, 0.15) is 32.6 Å². The van der Waals surface area contributed by atoms with Gasteiger partial charge in [0.2, 0.25) is 0 Å². The van der Waals surface area contributed by atoms with Gasteiger partial charge in [-0.1, -0.05) is 19.4 Å². The van der Waals surface area contributed by atoms with E-state index in [1.165, 1.54) is 0 Å². The molecular weight excluding hydrogens is 232 g/mol. The lowest BCUT2D eigenvalue weighted by atomic mass is 10.0. The molecule has 2 unspecified atom stereocenters. The molecule has 2 atom stereocenters. The quantitative estimate of drug-likeness (QED) is 0.711. The van der Waals surface area contributed by atoms with Gasteiger partial charge in [0.05, 0.1) is 5.92 Å². The normalized spacial score (nSPS) is 22.5. The van der Waals surface area contributed by atoms with Gasteiger partial charge >= 0.3 is 12.0 Å². The van der Waals surface area contributed by atoms with Crippen molar-refractivity contribution in [2.75, 3.05) is 13.1 Å². The van der Waals surface area contributed by atoms with Gasteiger partial charge < -0.3 is 15.3 Å². The SMILES string of the molecule is C=CCN(CCC)C(=O)NC1CCCC1C(=O)O. The number of hydrogen-bond donors (Lipinski definition) is 2. The number of carbonyl (C=O) groups is 2. The van der Waals surface area contributed by atoms with Crippen LogP contribution < -0.4 is 5.32 Å². The van der Waals surface area contributed by atoms with E-state index >= 15 is 0 Å². The van der Waals surface area contributed by atoms with E-state index in [0.29, 0.717) is 19.5 Å². The summed E-state index contributed by atoms with van der Waals surface area (Å²) >= 11 is 0. The Morgan fingerprint density at radius 3 is 2.78 bits per heavy atom. The highest BCUT2D eigenvalue weighted by Gasteiger charge is 2.34. The lowest BCUT2D eigenvalue weighted by molar-refractivity contribution is -0.142. The summed E-state index contributed by atoms with van der Waals surface area (Å²) in [6.07, 6.45) is 4.80. The fourth-order valence-electron chi connectivity index (χ4n) is 2.38. The summed E-state index contributed by atoms with van der Waals surface area (Å²) in [5.41, 5.74) is 0. The number of carboxylic acids is 1. The molecule has 102 valence electrons. The van der Waals surface area contributed by atoms with E-state index in [9.17, 15) is 9.59 Å². The Hall–Kier alpha value is -1.52. The molecule has 0 aromatic heterocycles. The van der Waals surface area contributed by atoms with Crippen LogP contribution in [-0.4, -0.2) is 41.1 Å². The van der Waals surface area contributed by atoms with Crippen molar-refractivity contribution >= 4 is 12.0 Å². The monoisotopic (exact) mass is 254 g/mol. The Balaban J connectivity index is 2.56. The third-order valence-electron chi connectivity index (χ3n) is 3.27. The molecule has 0 aromatic carbocycles. The van der Waals surface area contributed by atoms with E-state index < -0.39 is 11.9 Å². The van der Waals surface area contributed by atoms with Crippen molar-refractivity contribution in [3.63, 3.8) is 0 Å². The van der Waals surface area contributed by atoms with Crippen LogP contribution >= 0.6 is 0 Å². The van der Waals surface area contributed by atoms with Crippen LogP contribution in [0.3, 0.4) is 0 Å². The number of hydrogen-bond acceptors (Lipinski definition) is 2. The first-order chi connectivity index (χ1) is 8.60. The van der Waals surface area contributed by atoms with Crippen molar-refractivity contribution in [3.8, 4) is 0 Å². The maximum atomic E-state index is 12.0. The van der Waals surface area contributed by atoms with Gasteiger partial charge in [-0.05, 0) is 19.3 Å². The summed E-state index contributed by atoms with van der Waals surface area (Å²) in [5, 5.41) is 11.9. The number of urea groups is 1. The average molecular weight is 254 g/mol. The highest BCUT2D eigenvalue weighted by molar-refractivity contribution is 5.77. The molecule has 5 heteroatoms. The zero-order valence-electron chi connectivity index (χ0n) is 10.9. The van der Waals surface area contributed by atoms with Crippen molar-refractivity contribution in [2.45, 2.75) is 38.6 Å². The van der Waals surface area contributed by atoms with E-state index in [-0.39, 0.29) is 12.1 Å². The lowest BCUT2D eigenvalue weighted by Crippen LogP contribution is -2.47. The minimum atomic E-state index is -0.816. The Morgan fingerprint density at radius 1 is 1.50 bits per heavy atom. The van der Waals surface area contributed by atoms with Gasteiger partial charge in [0.25, 0.3) is 0 Å². The molecule has 5 nitrogen and oxygen atoms in total. The standard InChI is InChI=1S/C13H22N2O3/c1-3-8-15(9-4-2)13(18)14-11-7-5-6-10(11)12(16)17/h3,10-11H,1,4-9H2,2H3,(H,14,18)(H,16,17). The Bertz CT molecular complexity index is 317. The molecule has 1 aliphatic rings. The van der Waals surface area contributed by atoms with Crippen molar-refractivity contribution in [3.05, 3.63) is 12.7 Å². The first kappa shape index (κ1) is 14.5. The van der Waals surface area contributed by atoms with Crippen LogP contribution in [0.4, 0.5) is 4.79 Å².